The second kappa shape index (κ2) is 9.45. The van der Waals surface area contributed by atoms with Gasteiger partial charge in [-0.25, -0.2) is 0 Å². The molecule has 4 atom stereocenters. The van der Waals surface area contributed by atoms with E-state index in [9.17, 15) is 4.57 Å². The molecule has 37 heavy (non-hydrogen) atoms. The summed E-state index contributed by atoms with van der Waals surface area (Å²) in [5.74, 6) is 1.41. The zero-order valence-electron chi connectivity index (χ0n) is 22.2. The molecule has 0 aromatic heterocycles. The lowest BCUT2D eigenvalue weighted by Crippen LogP contribution is -2.44. The van der Waals surface area contributed by atoms with Gasteiger partial charge in [0.15, 0.2) is 0 Å². The molecule has 6 rings (SSSR count). The molecule has 1 nitrogen and oxygen atoms in total. The van der Waals surface area contributed by atoms with Gasteiger partial charge < -0.3 is 4.57 Å². The lowest BCUT2D eigenvalue weighted by Gasteiger charge is -2.55. The fourth-order valence-electron chi connectivity index (χ4n) is 7.41. The predicted molar refractivity (Wildman–Crippen MR) is 159 cm³/mol. The summed E-state index contributed by atoms with van der Waals surface area (Å²) in [5.41, 5.74) is 8.50. The first kappa shape index (κ1) is 24.4. The number of fused-ring (bicyclic) bond motifs is 2. The minimum atomic E-state index is -2.29. The van der Waals surface area contributed by atoms with E-state index >= 15 is 0 Å². The molecule has 0 amide bonds. The van der Waals surface area contributed by atoms with Crippen molar-refractivity contribution in [1.29, 1.82) is 0 Å². The van der Waals surface area contributed by atoms with Crippen LogP contribution in [0.25, 0.3) is 16.7 Å². The predicted octanol–water partition coefficient (Wildman–Crippen LogP) is 9.09. The van der Waals surface area contributed by atoms with Crippen LogP contribution < -0.4 is 5.30 Å². The Hall–Kier alpha value is -2.89. The van der Waals surface area contributed by atoms with Gasteiger partial charge in [0.1, 0.15) is 7.14 Å². The van der Waals surface area contributed by atoms with Crippen molar-refractivity contribution in [3.05, 3.63) is 120 Å². The van der Waals surface area contributed by atoms with E-state index in [1.807, 2.05) is 25.5 Å². The second-order valence-electron chi connectivity index (χ2n) is 11.8. The average Bonchev–Trinajstić information content (AvgIpc) is 2.92. The van der Waals surface area contributed by atoms with Crippen LogP contribution in [-0.4, -0.2) is 13.3 Å². The summed E-state index contributed by atoms with van der Waals surface area (Å²) < 4.78 is 12.7. The molecule has 0 heterocycles. The van der Waals surface area contributed by atoms with Crippen LogP contribution in [0.2, 0.25) is 0 Å². The van der Waals surface area contributed by atoms with Crippen LogP contribution in [0.5, 0.6) is 0 Å². The van der Waals surface area contributed by atoms with Crippen molar-refractivity contribution in [3.63, 3.8) is 0 Å². The second-order valence-corrected chi connectivity index (χ2v) is 15.0. The maximum Gasteiger partial charge on any atom is 0.109 e. The molecule has 1 saturated carbocycles. The summed E-state index contributed by atoms with van der Waals surface area (Å²) in [6.07, 6.45) is 14.5. The fourth-order valence-corrected chi connectivity index (χ4v) is 8.31. The molecule has 3 unspecified atom stereocenters. The van der Waals surface area contributed by atoms with E-state index < -0.39 is 7.14 Å². The molecule has 0 aliphatic heterocycles. The van der Waals surface area contributed by atoms with Crippen molar-refractivity contribution in [2.45, 2.75) is 38.5 Å². The van der Waals surface area contributed by atoms with Crippen molar-refractivity contribution in [1.82, 2.24) is 0 Å². The molecule has 188 valence electrons. The molecule has 0 radical (unpaired) electrons. The highest BCUT2D eigenvalue weighted by Crippen LogP contribution is 2.63. The van der Waals surface area contributed by atoms with E-state index in [1.165, 1.54) is 47.9 Å². The molecule has 1 fully saturated rings. The van der Waals surface area contributed by atoms with Gasteiger partial charge in [0, 0.05) is 17.1 Å². The monoisotopic (exact) mass is 504 g/mol. The lowest BCUT2D eigenvalue weighted by atomic mass is 9.48. The largest absolute Gasteiger partial charge is 0.319 e. The molecular formula is C35H37OP. The normalized spacial score (nSPS) is 27.1. The zero-order chi connectivity index (χ0) is 25.6. The van der Waals surface area contributed by atoms with Gasteiger partial charge in [0.2, 0.25) is 0 Å². The molecule has 0 saturated heterocycles. The Morgan fingerprint density at radius 3 is 2.32 bits per heavy atom. The van der Waals surface area contributed by atoms with Crippen LogP contribution in [0.15, 0.2) is 109 Å². The van der Waals surface area contributed by atoms with Crippen molar-refractivity contribution in [2.75, 3.05) is 13.3 Å². The first-order valence-electron chi connectivity index (χ1n) is 13.8. The summed E-state index contributed by atoms with van der Waals surface area (Å²) in [7, 11) is -2.29. The highest BCUT2D eigenvalue weighted by atomic mass is 31.2. The molecule has 0 spiro atoms. The third kappa shape index (κ3) is 4.32. The Morgan fingerprint density at radius 2 is 1.57 bits per heavy atom. The molecule has 3 aliphatic rings. The average molecular weight is 505 g/mol. The first-order chi connectivity index (χ1) is 17.9. The van der Waals surface area contributed by atoms with Crippen LogP contribution >= 0.6 is 7.14 Å². The van der Waals surface area contributed by atoms with Gasteiger partial charge in [-0.05, 0) is 77.0 Å². The van der Waals surface area contributed by atoms with Gasteiger partial charge in [-0.3, -0.25) is 0 Å². The SMILES string of the molecule is C[C@]12CCCCC1C(c1ccccc1)=C1C=CC=CC1C2c1ccc(-c2cccc(P(C)(C)=O)c2)cc1. The molecule has 3 aromatic rings. The van der Waals surface area contributed by atoms with Gasteiger partial charge in [-0.2, -0.15) is 0 Å². The quantitative estimate of drug-likeness (QED) is 0.324. The third-order valence-corrected chi connectivity index (χ3v) is 10.7. The molecule has 2 heteroatoms. The van der Waals surface area contributed by atoms with Crippen molar-refractivity contribution in [3.8, 4) is 11.1 Å². The molecular weight excluding hydrogens is 467 g/mol. The summed E-state index contributed by atoms with van der Waals surface area (Å²) >= 11 is 0. The number of hydrogen-bond donors (Lipinski definition) is 0. The molecule has 0 N–H and O–H groups in total. The standard InChI is InChI=1S/C35H37OP/c1-35-23-10-9-18-32(35)33(26-12-5-4-6-13-26)30-16-7-8-17-31(30)34(35)27-21-19-25(20-22-27)28-14-11-15-29(24-28)37(2,3)36/h4-8,11-17,19-22,24,31-32,34H,9-10,18,23H2,1-3H3/t31?,32?,34?,35-/m0/s1. The Bertz CT molecular complexity index is 1440. The molecule has 3 aromatic carbocycles. The maximum atomic E-state index is 12.7. The highest BCUT2D eigenvalue weighted by Gasteiger charge is 2.52. The van der Waals surface area contributed by atoms with Crippen molar-refractivity contribution < 1.29 is 4.57 Å². The van der Waals surface area contributed by atoms with Gasteiger partial charge in [0.05, 0.1) is 0 Å². The summed E-state index contributed by atoms with van der Waals surface area (Å²) in [5, 5.41) is 0.946. The Labute approximate surface area is 222 Å². The highest BCUT2D eigenvalue weighted by molar-refractivity contribution is 7.70. The molecule has 0 bridgehead atoms. The van der Waals surface area contributed by atoms with E-state index in [4.69, 9.17) is 0 Å². The van der Waals surface area contributed by atoms with Gasteiger partial charge in [0.25, 0.3) is 0 Å². The molecule has 3 aliphatic carbocycles. The van der Waals surface area contributed by atoms with Crippen LogP contribution in [0.4, 0.5) is 0 Å². The van der Waals surface area contributed by atoms with Gasteiger partial charge in [-0.15, -0.1) is 0 Å². The smallest absolute Gasteiger partial charge is 0.109 e. The number of hydrogen-bond acceptors (Lipinski definition) is 1. The topological polar surface area (TPSA) is 17.1 Å². The number of rotatable bonds is 4. The van der Waals surface area contributed by atoms with E-state index in [0.29, 0.717) is 17.8 Å². The number of allylic oxidation sites excluding steroid dienone is 6. The van der Waals surface area contributed by atoms with Crippen molar-refractivity contribution >= 4 is 18.0 Å². The maximum absolute atomic E-state index is 12.7. The lowest BCUT2D eigenvalue weighted by molar-refractivity contribution is 0.0930. The van der Waals surface area contributed by atoms with Gasteiger partial charge in [-0.1, -0.05) is 117 Å². The van der Waals surface area contributed by atoms with E-state index in [-0.39, 0.29) is 5.41 Å². The van der Waals surface area contributed by atoms with Crippen LogP contribution in [0.3, 0.4) is 0 Å². The van der Waals surface area contributed by atoms with E-state index in [0.717, 1.165) is 10.9 Å². The van der Waals surface area contributed by atoms with E-state index in [1.54, 1.807) is 5.57 Å². The fraction of sp³-hybridized carbons (Fsp3) is 0.314. The van der Waals surface area contributed by atoms with E-state index in [2.05, 4.69) is 98.0 Å². The zero-order valence-corrected chi connectivity index (χ0v) is 23.1. The Balaban J connectivity index is 1.45. The van der Waals surface area contributed by atoms with Crippen LogP contribution in [0.1, 0.15) is 49.7 Å². The minimum Gasteiger partial charge on any atom is -0.319 e. The third-order valence-electron chi connectivity index (χ3n) is 9.20. The van der Waals surface area contributed by atoms with Gasteiger partial charge >= 0.3 is 0 Å². The Kier molecular flexibility index (Phi) is 6.24. The first-order valence-corrected chi connectivity index (χ1v) is 16.4. The summed E-state index contributed by atoms with van der Waals surface area (Å²) in [6, 6.07) is 28.7. The Morgan fingerprint density at radius 1 is 0.811 bits per heavy atom. The summed E-state index contributed by atoms with van der Waals surface area (Å²) in [4.78, 5) is 0. The van der Waals surface area contributed by atoms with Crippen LogP contribution in [0, 0.1) is 17.3 Å². The minimum absolute atomic E-state index is 0.214. The summed E-state index contributed by atoms with van der Waals surface area (Å²) in [6.45, 7) is 6.27. The van der Waals surface area contributed by atoms with Crippen LogP contribution in [-0.2, 0) is 4.57 Å². The number of benzene rings is 3. The van der Waals surface area contributed by atoms with Crippen molar-refractivity contribution in [2.24, 2.45) is 17.3 Å².